The number of benzene rings is 2. The molecule has 0 radical (unpaired) electrons. The first kappa shape index (κ1) is 17.4. The van der Waals surface area contributed by atoms with Crippen LogP contribution in [0.3, 0.4) is 0 Å². The number of anilines is 1. The Hall–Kier alpha value is -2.97. The fourth-order valence-electron chi connectivity index (χ4n) is 1.97. The van der Waals surface area contributed by atoms with E-state index in [2.05, 4.69) is 5.32 Å². The van der Waals surface area contributed by atoms with Gasteiger partial charge < -0.3 is 14.8 Å². The highest BCUT2D eigenvalue weighted by Crippen LogP contribution is 2.26. The number of nitrogens with one attached hydrogen (secondary N) is 1. The molecule has 24 heavy (non-hydrogen) atoms. The molecule has 0 unspecified atom stereocenters. The molecule has 0 heterocycles. The van der Waals surface area contributed by atoms with Crippen molar-refractivity contribution in [2.75, 3.05) is 19.5 Å². The van der Waals surface area contributed by atoms with Crippen molar-refractivity contribution < 1.29 is 14.3 Å². The van der Waals surface area contributed by atoms with Crippen LogP contribution in [0.2, 0.25) is 5.02 Å². The monoisotopic (exact) mass is 342 g/mol. The number of carbonyl (C=O) groups is 1. The van der Waals surface area contributed by atoms with Gasteiger partial charge in [-0.3, -0.25) is 4.79 Å². The van der Waals surface area contributed by atoms with Crippen molar-refractivity contribution in [1.82, 2.24) is 0 Å². The summed E-state index contributed by atoms with van der Waals surface area (Å²) in [5.74, 6) is 0.604. The molecule has 5 nitrogen and oxygen atoms in total. The number of hydrogen-bond acceptors (Lipinski definition) is 4. The van der Waals surface area contributed by atoms with E-state index >= 15 is 0 Å². The van der Waals surface area contributed by atoms with Crippen LogP contribution in [0.5, 0.6) is 11.5 Å². The summed E-state index contributed by atoms with van der Waals surface area (Å²) in [5.41, 5.74) is 1.10. The third-order valence-corrected chi connectivity index (χ3v) is 3.46. The molecule has 0 bridgehead atoms. The van der Waals surface area contributed by atoms with Crippen LogP contribution in [-0.2, 0) is 4.79 Å². The number of rotatable bonds is 5. The summed E-state index contributed by atoms with van der Waals surface area (Å²) in [6.45, 7) is 0. The van der Waals surface area contributed by atoms with Crippen molar-refractivity contribution in [2.24, 2.45) is 0 Å². The van der Waals surface area contributed by atoms with Gasteiger partial charge in [-0.15, -0.1) is 0 Å². The average molecular weight is 343 g/mol. The standard InChI is InChI=1S/C18H15ClN2O3/c1-23-16-8-3-12(17(10-16)24-2)9-13(11-20)18(22)21-15-6-4-14(19)5-7-15/h3-10H,1-2H3,(H,21,22)/b13-9+. The Labute approximate surface area is 145 Å². The number of methoxy groups -OCH3 is 2. The Kier molecular flexibility index (Phi) is 5.83. The van der Waals surface area contributed by atoms with Gasteiger partial charge in [0.25, 0.3) is 5.91 Å². The molecular formula is C18H15ClN2O3. The first-order valence-electron chi connectivity index (χ1n) is 6.98. The predicted molar refractivity (Wildman–Crippen MR) is 93.2 cm³/mol. The van der Waals surface area contributed by atoms with E-state index in [-0.39, 0.29) is 5.57 Å². The topological polar surface area (TPSA) is 71.3 Å². The van der Waals surface area contributed by atoms with Gasteiger partial charge in [0.05, 0.1) is 14.2 Å². The van der Waals surface area contributed by atoms with Crippen LogP contribution < -0.4 is 14.8 Å². The van der Waals surface area contributed by atoms with Crippen molar-refractivity contribution >= 4 is 29.3 Å². The fraction of sp³-hybridized carbons (Fsp3) is 0.111. The van der Waals surface area contributed by atoms with E-state index < -0.39 is 5.91 Å². The lowest BCUT2D eigenvalue weighted by molar-refractivity contribution is -0.112. The van der Waals surface area contributed by atoms with Gasteiger partial charge in [-0.25, -0.2) is 0 Å². The first-order chi connectivity index (χ1) is 11.6. The van der Waals surface area contributed by atoms with Gasteiger partial charge >= 0.3 is 0 Å². The molecule has 0 spiro atoms. The lowest BCUT2D eigenvalue weighted by Gasteiger charge is -2.08. The second-order valence-electron chi connectivity index (χ2n) is 4.74. The first-order valence-corrected chi connectivity index (χ1v) is 7.36. The summed E-state index contributed by atoms with van der Waals surface area (Å²) in [7, 11) is 3.05. The molecule has 0 saturated heterocycles. The highest BCUT2D eigenvalue weighted by atomic mass is 35.5. The minimum atomic E-state index is -0.516. The van der Waals surface area contributed by atoms with Gasteiger partial charge in [0.2, 0.25) is 0 Å². The number of nitriles is 1. The third kappa shape index (κ3) is 4.28. The number of nitrogens with zero attached hydrogens (tertiary/aromatic N) is 1. The third-order valence-electron chi connectivity index (χ3n) is 3.21. The molecule has 6 heteroatoms. The zero-order valence-electron chi connectivity index (χ0n) is 13.2. The molecule has 2 aromatic carbocycles. The zero-order chi connectivity index (χ0) is 17.5. The molecule has 0 aliphatic carbocycles. The van der Waals surface area contributed by atoms with E-state index in [1.807, 2.05) is 6.07 Å². The van der Waals surface area contributed by atoms with Crippen molar-refractivity contribution in [3.8, 4) is 17.6 Å². The molecular weight excluding hydrogens is 328 g/mol. The molecule has 0 aromatic heterocycles. The molecule has 1 N–H and O–H groups in total. The number of halogens is 1. The maximum absolute atomic E-state index is 12.3. The second-order valence-corrected chi connectivity index (χ2v) is 5.18. The summed E-state index contributed by atoms with van der Waals surface area (Å²) < 4.78 is 10.4. The molecule has 2 rings (SSSR count). The van der Waals surface area contributed by atoms with Crippen molar-refractivity contribution in [3.63, 3.8) is 0 Å². The van der Waals surface area contributed by atoms with Crippen LogP contribution >= 0.6 is 11.6 Å². The van der Waals surface area contributed by atoms with E-state index in [1.54, 1.807) is 49.6 Å². The van der Waals surface area contributed by atoms with Crippen molar-refractivity contribution in [2.45, 2.75) is 0 Å². The molecule has 0 fully saturated rings. The fourth-order valence-corrected chi connectivity index (χ4v) is 2.10. The predicted octanol–water partition coefficient (Wildman–Crippen LogP) is 3.90. The summed E-state index contributed by atoms with van der Waals surface area (Å²) in [6, 6.07) is 13.6. The molecule has 2 aromatic rings. The molecule has 0 aliphatic heterocycles. The summed E-state index contributed by atoms with van der Waals surface area (Å²) in [6.07, 6.45) is 1.46. The van der Waals surface area contributed by atoms with Crippen LogP contribution in [0.15, 0.2) is 48.0 Å². The molecule has 122 valence electrons. The highest BCUT2D eigenvalue weighted by molar-refractivity contribution is 6.30. The minimum absolute atomic E-state index is 0.0478. The van der Waals surface area contributed by atoms with Gasteiger partial charge in [-0.1, -0.05) is 11.6 Å². The van der Waals surface area contributed by atoms with Crippen LogP contribution in [0.1, 0.15) is 5.56 Å². The van der Waals surface area contributed by atoms with Gasteiger partial charge in [0, 0.05) is 22.3 Å². The lowest BCUT2D eigenvalue weighted by Crippen LogP contribution is -2.13. The Balaban J connectivity index is 2.27. The van der Waals surface area contributed by atoms with Crippen molar-refractivity contribution in [1.29, 1.82) is 5.26 Å². The van der Waals surface area contributed by atoms with Crippen LogP contribution in [0.25, 0.3) is 6.08 Å². The van der Waals surface area contributed by atoms with Gasteiger partial charge in [-0.05, 0) is 42.5 Å². The molecule has 1 amide bonds. The zero-order valence-corrected chi connectivity index (χ0v) is 13.9. The van der Waals surface area contributed by atoms with Crippen molar-refractivity contribution in [3.05, 3.63) is 58.6 Å². The number of carbonyl (C=O) groups excluding carboxylic acids is 1. The number of ether oxygens (including phenoxy) is 2. The maximum Gasteiger partial charge on any atom is 0.266 e. The Bertz CT molecular complexity index is 808. The Morgan fingerprint density at radius 3 is 2.46 bits per heavy atom. The molecule has 0 saturated carbocycles. The Morgan fingerprint density at radius 1 is 1.17 bits per heavy atom. The quantitative estimate of drug-likeness (QED) is 0.660. The summed E-state index contributed by atoms with van der Waals surface area (Å²) in [5, 5.41) is 12.5. The second kappa shape index (κ2) is 8.04. The number of amides is 1. The van der Waals surface area contributed by atoms with Gasteiger partial charge in [0.15, 0.2) is 0 Å². The SMILES string of the molecule is COc1ccc(/C=C(\C#N)C(=O)Nc2ccc(Cl)cc2)c(OC)c1. The highest BCUT2D eigenvalue weighted by Gasteiger charge is 2.12. The van der Waals surface area contributed by atoms with E-state index in [0.717, 1.165) is 0 Å². The average Bonchev–Trinajstić information content (AvgIpc) is 2.61. The van der Waals surface area contributed by atoms with E-state index in [4.69, 9.17) is 21.1 Å². The van der Waals surface area contributed by atoms with Gasteiger partial charge in [-0.2, -0.15) is 5.26 Å². The summed E-state index contributed by atoms with van der Waals surface area (Å²) >= 11 is 5.80. The largest absolute Gasteiger partial charge is 0.497 e. The Morgan fingerprint density at radius 2 is 1.88 bits per heavy atom. The van der Waals surface area contributed by atoms with E-state index in [9.17, 15) is 10.1 Å². The normalized spacial score (nSPS) is 10.7. The number of hydrogen-bond donors (Lipinski definition) is 1. The van der Waals surface area contributed by atoms with Gasteiger partial charge in [0.1, 0.15) is 23.1 Å². The van der Waals surface area contributed by atoms with E-state index in [0.29, 0.717) is 27.8 Å². The lowest BCUT2D eigenvalue weighted by atomic mass is 10.1. The molecule has 0 aliphatic rings. The van der Waals surface area contributed by atoms with Crippen LogP contribution in [0, 0.1) is 11.3 Å². The van der Waals surface area contributed by atoms with Crippen LogP contribution in [0.4, 0.5) is 5.69 Å². The van der Waals surface area contributed by atoms with Crippen LogP contribution in [-0.4, -0.2) is 20.1 Å². The molecule has 0 atom stereocenters. The van der Waals surface area contributed by atoms with E-state index in [1.165, 1.54) is 13.2 Å². The minimum Gasteiger partial charge on any atom is -0.497 e. The smallest absolute Gasteiger partial charge is 0.266 e. The summed E-state index contributed by atoms with van der Waals surface area (Å²) in [4.78, 5) is 12.3. The maximum atomic E-state index is 12.3.